The van der Waals surface area contributed by atoms with Crippen molar-refractivity contribution in [2.75, 3.05) is 13.1 Å². The predicted octanol–water partition coefficient (Wildman–Crippen LogP) is -0.232. The molecule has 3 heterocycles. The number of rotatable bonds is 4. The summed E-state index contributed by atoms with van der Waals surface area (Å²) in [6.07, 6.45) is 6.95. The zero-order valence-electron chi connectivity index (χ0n) is 14.4. The van der Waals surface area contributed by atoms with Gasteiger partial charge in [0.25, 0.3) is 5.56 Å². The largest absolute Gasteiger partial charge is 0.332 e. The van der Waals surface area contributed by atoms with E-state index in [2.05, 4.69) is 9.56 Å². The summed E-state index contributed by atoms with van der Waals surface area (Å²) in [6, 6.07) is 0. The first-order chi connectivity index (χ1) is 11.5. The minimum atomic E-state index is -0.361. The molecule has 8 nitrogen and oxygen atoms in total. The Balaban J connectivity index is 1.79. The number of nitrogens with two attached hydrogens (primary N) is 1. The Morgan fingerprint density at radius 3 is 2.62 bits per heavy atom. The van der Waals surface area contributed by atoms with E-state index in [1.54, 1.807) is 13.4 Å². The molecule has 8 heteroatoms. The van der Waals surface area contributed by atoms with Gasteiger partial charge in [-0.15, -0.1) is 0 Å². The van der Waals surface area contributed by atoms with Crippen molar-refractivity contribution >= 4 is 17.0 Å². The second-order valence-electron chi connectivity index (χ2n) is 6.46. The number of hydrogen-bond acceptors (Lipinski definition) is 3. The molecule has 0 saturated carbocycles. The molecule has 1 fully saturated rings. The molecule has 2 N–H and O–H groups in total. The third-order valence-electron chi connectivity index (χ3n) is 4.81. The summed E-state index contributed by atoms with van der Waals surface area (Å²) in [5, 5.41) is 0. The maximum absolute atomic E-state index is 12.4. The van der Waals surface area contributed by atoms with E-state index in [-0.39, 0.29) is 11.2 Å². The van der Waals surface area contributed by atoms with Gasteiger partial charge in [-0.05, 0) is 25.7 Å². The lowest BCUT2D eigenvalue weighted by molar-refractivity contribution is -0.539. The van der Waals surface area contributed by atoms with Crippen molar-refractivity contribution in [3.8, 4) is 0 Å². The third-order valence-corrected chi connectivity index (χ3v) is 4.81. The van der Waals surface area contributed by atoms with Gasteiger partial charge in [-0.25, -0.2) is 9.78 Å². The molecule has 0 atom stereocenters. The summed E-state index contributed by atoms with van der Waals surface area (Å²) < 4.78 is 6.61. The molecule has 0 aliphatic carbocycles. The van der Waals surface area contributed by atoms with Gasteiger partial charge in [-0.3, -0.25) is 24.2 Å². The fourth-order valence-corrected chi connectivity index (χ4v) is 3.34. The Bertz CT molecular complexity index is 894. The van der Waals surface area contributed by atoms with Crippen LogP contribution in [-0.4, -0.2) is 42.2 Å². The van der Waals surface area contributed by atoms with Crippen LogP contribution in [-0.2, 0) is 20.6 Å². The van der Waals surface area contributed by atoms with Crippen LogP contribution in [0.4, 0.5) is 0 Å². The number of aryl methyl sites for hydroxylation is 2. The molecule has 0 amide bonds. The number of amidine groups is 1. The molecular weight excluding hydrogens is 308 g/mol. The second kappa shape index (κ2) is 6.62. The van der Waals surface area contributed by atoms with Crippen LogP contribution in [0.2, 0.25) is 0 Å². The molecule has 130 valence electrons. The van der Waals surface area contributed by atoms with Gasteiger partial charge in [0, 0.05) is 27.1 Å². The molecule has 0 aromatic carbocycles. The van der Waals surface area contributed by atoms with Gasteiger partial charge in [0.1, 0.15) is 0 Å². The molecule has 1 saturated heterocycles. The maximum atomic E-state index is 12.4. The number of imidazole rings is 1. The normalized spacial score (nSPS) is 15.2. The highest BCUT2D eigenvalue weighted by molar-refractivity contribution is 5.75. The van der Waals surface area contributed by atoms with E-state index >= 15 is 0 Å². The zero-order chi connectivity index (χ0) is 17.3. The molecule has 1 aliphatic heterocycles. The Labute approximate surface area is 139 Å². The first kappa shape index (κ1) is 16.5. The highest BCUT2D eigenvalue weighted by Crippen LogP contribution is 2.08. The Morgan fingerprint density at radius 2 is 1.92 bits per heavy atom. The van der Waals surface area contributed by atoms with Crippen molar-refractivity contribution in [1.82, 2.24) is 18.7 Å². The molecule has 24 heavy (non-hydrogen) atoms. The van der Waals surface area contributed by atoms with E-state index in [9.17, 15) is 9.59 Å². The SMILES string of the molecule is Cn1c(=O)c2c(ncn2CCCC(N)=[N+]2CCCCC2)n(C)c1=O. The topological polar surface area (TPSA) is 90.8 Å². The highest BCUT2D eigenvalue weighted by atomic mass is 16.2. The predicted molar refractivity (Wildman–Crippen MR) is 92.5 cm³/mol. The first-order valence-corrected chi connectivity index (χ1v) is 8.48. The average molecular weight is 333 g/mol. The van der Waals surface area contributed by atoms with Crippen molar-refractivity contribution in [2.24, 2.45) is 19.8 Å². The van der Waals surface area contributed by atoms with Gasteiger partial charge in [0.05, 0.1) is 19.4 Å². The van der Waals surface area contributed by atoms with Crippen LogP contribution < -0.4 is 17.0 Å². The van der Waals surface area contributed by atoms with Crippen molar-refractivity contribution in [3.05, 3.63) is 27.2 Å². The minimum absolute atomic E-state index is 0.307. The number of hydrogen-bond donors (Lipinski definition) is 1. The molecule has 1 aliphatic rings. The quantitative estimate of drug-likeness (QED) is 0.618. The standard InChI is InChI=1S/C16H24N6O2/c1-19-14-13(15(23)20(2)16(19)24)22(11-18-14)10-6-7-12(17)21-8-4-3-5-9-21/h11,17H,3-10H2,1-2H3/p+1. The third kappa shape index (κ3) is 2.88. The summed E-state index contributed by atoms with van der Waals surface area (Å²) in [5.74, 6) is 0.930. The van der Waals surface area contributed by atoms with Crippen LogP contribution in [0.25, 0.3) is 11.2 Å². The van der Waals surface area contributed by atoms with Crippen LogP contribution in [0.15, 0.2) is 15.9 Å². The molecule has 2 aromatic rings. The number of aromatic nitrogens is 4. The van der Waals surface area contributed by atoms with E-state index in [4.69, 9.17) is 5.73 Å². The molecule has 0 bridgehead atoms. The number of fused-ring (bicyclic) bond motifs is 1. The lowest BCUT2D eigenvalue weighted by Gasteiger charge is -2.15. The fourth-order valence-electron chi connectivity index (χ4n) is 3.34. The van der Waals surface area contributed by atoms with Gasteiger partial charge >= 0.3 is 5.69 Å². The summed E-state index contributed by atoms with van der Waals surface area (Å²) in [5.41, 5.74) is 6.43. The Kier molecular flexibility index (Phi) is 4.55. The van der Waals surface area contributed by atoms with Gasteiger partial charge < -0.3 is 4.57 Å². The number of nitrogens with zero attached hydrogens (tertiary/aromatic N) is 5. The van der Waals surface area contributed by atoms with Crippen LogP contribution >= 0.6 is 0 Å². The van der Waals surface area contributed by atoms with Gasteiger partial charge in [0.15, 0.2) is 11.2 Å². The van der Waals surface area contributed by atoms with E-state index in [1.807, 2.05) is 4.57 Å². The van der Waals surface area contributed by atoms with E-state index in [0.29, 0.717) is 17.7 Å². The summed E-state index contributed by atoms with van der Waals surface area (Å²) >= 11 is 0. The van der Waals surface area contributed by atoms with E-state index < -0.39 is 0 Å². The second-order valence-corrected chi connectivity index (χ2v) is 6.46. The van der Waals surface area contributed by atoms with Gasteiger partial charge in [-0.2, -0.15) is 0 Å². The molecule has 0 radical (unpaired) electrons. The van der Waals surface area contributed by atoms with Gasteiger partial charge in [0.2, 0.25) is 5.84 Å². The lowest BCUT2D eigenvalue weighted by atomic mass is 10.1. The van der Waals surface area contributed by atoms with Gasteiger partial charge in [-0.1, -0.05) is 0 Å². The molecule has 2 aromatic heterocycles. The maximum Gasteiger partial charge on any atom is 0.332 e. The smallest absolute Gasteiger partial charge is 0.325 e. The van der Waals surface area contributed by atoms with Crippen LogP contribution in [0.1, 0.15) is 32.1 Å². The summed E-state index contributed by atoms with van der Waals surface area (Å²) in [6.45, 7) is 2.74. The van der Waals surface area contributed by atoms with Crippen molar-refractivity contribution in [3.63, 3.8) is 0 Å². The lowest BCUT2D eigenvalue weighted by Crippen LogP contribution is -2.37. The Morgan fingerprint density at radius 1 is 1.21 bits per heavy atom. The molecule has 0 spiro atoms. The molecular formula is C16H25N6O2+. The molecule has 3 rings (SSSR count). The van der Waals surface area contributed by atoms with E-state index in [1.165, 1.54) is 30.9 Å². The first-order valence-electron chi connectivity index (χ1n) is 8.48. The van der Waals surface area contributed by atoms with Crippen LogP contribution in [0, 0.1) is 0 Å². The van der Waals surface area contributed by atoms with Crippen molar-refractivity contribution in [2.45, 2.75) is 38.6 Å². The summed E-state index contributed by atoms with van der Waals surface area (Å²) in [7, 11) is 3.12. The monoisotopic (exact) mass is 333 g/mol. The van der Waals surface area contributed by atoms with Crippen molar-refractivity contribution in [1.29, 1.82) is 0 Å². The van der Waals surface area contributed by atoms with Crippen LogP contribution in [0.5, 0.6) is 0 Å². The van der Waals surface area contributed by atoms with Crippen LogP contribution in [0.3, 0.4) is 0 Å². The fraction of sp³-hybridized carbons (Fsp3) is 0.625. The zero-order valence-corrected chi connectivity index (χ0v) is 14.4. The average Bonchev–Trinajstić information content (AvgIpc) is 3.03. The molecule has 0 unspecified atom stereocenters. The Hall–Kier alpha value is -2.38. The number of piperidine rings is 1. The van der Waals surface area contributed by atoms with E-state index in [0.717, 1.165) is 36.3 Å². The van der Waals surface area contributed by atoms with Crippen molar-refractivity contribution < 1.29 is 4.58 Å². The summed E-state index contributed by atoms with van der Waals surface area (Å²) in [4.78, 5) is 28.6. The minimum Gasteiger partial charge on any atom is -0.325 e. The highest BCUT2D eigenvalue weighted by Gasteiger charge is 2.15.